The molecule has 0 fully saturated rings. The van der Waals surface area contributed by atoms with Crippen LogP contribution < -0.4 is 20.1 Å². The Balaban J connectivity index is 1.40. The first-order valence-corrected chi connectivity index (χ1v) is 11.5. The summed E-state index contributed by atoms with van der Waals surface area (Å²) in [5, 5.41) is 6.78. The molecule has 0 atom stereocenters. The maximum absolute atomic E-state index is 5.67. The molecule has 0 amide bonds. The van der Waals surface area contributed by atoms with Crippen molar-refractivity contribution in [3.63, 3.8) is 0 Å². The van der Waals surface area contributed by atoms with Crippen LogP contribution in [-0.2, 0) is 19.4 Å². The summed E-state index contributed by atoms with van der Waals surface area (Å²) in [6, 6.07) is 16.6. The molecule has 0 saturated carbocycles. The van der Waals surface area contributed by atoms with Crippen LogP contribution in [0.25, 0.3) is 0 Å². The number of methoxy groups -OCH3 is 1. The summed E-state index contributed by atoms with van der Waals surface area (Å²) >= 11 is 0. The molecule has 3 aromatic rings. The molecule has 176 valence electrons. The van der Waals surface area contributed by atoms with Crippen LogP contribution in [0.3, 0.4) is 0 Å². The van der Waals surface area contributed by atoms with Crippen LogP contribution >= 0.6 is 0 Å². The van der Waals surface area contributed by atoms with Gasteiger partial charge in [-0.15, -0.1) is 0 Å². The number of hydrogen-bond donors (Lipinski definition) is 2. The van der Waals surface area contributed by atoms with Crippen molar-refractivity contribution in [1.29, 1.82) is 0 Å². The van der Waals surface area contributed by atoms with E-state index in [4.69, 9.17) is 9.47 Å². The molecular weight excluding hydrogens is 414 g/mol. The lowest BCUT2D eigenvalue weighted by atomic mass is 10.1. The first kappa shape index (κ1) is 24.2. The minimum atomic E-state index is 0.621. The van der Waals surface area contributed by atoms with E-state index in [2.05, 4.69) is 61.6 Å². The monoisotopic (exact) mass is 449 g/mol. The lowest BCUT2D eigenvalue weighted by Gasteiger charge is -2.13. The number of aromatic nitrogens is 2. The number of aliphatic imine (C=N–C) groups is 1. The van der Waals surface area contributed by atoms with Gasteiger partial charge in [-0.25, -0.2) is 4.98 Å². The highest BCUT2D eigenvalue weighted by atomic mass is 16.5. The van der Waals surface area contributed by atoms with Crippen molar-refractivity contribution in [2.45, 2.75) is 32.7 Å². The Bertz CT molecular complexity index is 1000. The zero-order valence-corrected chi connectivity index (χ0v) is 19.9. The summed E-state index contributed by atoms with van der Waals surface area (Å²) in [6.07, 6.45) is 6.66. The van der Waals surface area contributed by atoms with Crippen molar-refractivity contribution in [3.8, 4) is 11.5 Å². The van der Waals surface area contributed by atoms with E-state index >= 15 is 0 Å². The van der Waals surface area contributed by atoms with Crippen molar-refractivity contribution < 1.29 is 9.47 Å². The third-order valence-corrected chi connectivity index (χ3v) is 5.32. The molecule has 0 aliphatic rings. The van der Waals surface area contributed by atoms with Gasteiger partial charge in [-0.05, 0) is 43.0 Å². The SMILES string of the molecule is CCOc1cc(CCCNC(=NC)NCCc2nccn2Cc2ccccc2)ccc1OC. The fraction of sp³-hybridized carbons (Fsp3) is 0.385. The van der Waals surface area contributed by atoms with E-state index in [0.717, 1.165) is 62.2 Å². The minimum Gasteiger partial charge on any atom is -0.493 e. The van der Waals surface area contributed by atoms with Crippen LogP contribution in [0.4, 0.5) is 0 Å². The van der Waals surface area contributed by atoms with E-state index in [1.165, 1.54) is 11.1 Å². The largest absolute Gasteiger partial charge is 0.493 e. The summed E-state index contributed by atoms with van der Waals surface area (Å²) in [5.74, 6) is 3.44. The van der Waals surface area contributed by atoms with Gasteiger partial charge < -0.3 is 24.7 Å². The maximum Gasteiger partial charge on any atom is 0.190 e. The molecule has 0 unspecified atom stereocenters. The molecule has 2 N–H and O–H groups in total. The molecule has 0 aliphatic carbocycles. The quantitative estimate of drug-likeness (QED) is 0.251. The van der Waals surface area contributed by atoms with Gasteiger partial charge in [0, 0.05) is 45.5 Å². The Labute approximate surface area is 196 Å². The summed E-state index contributed by atoms with van der Waals surface area (Å²) < 4.78 is 13.2. The van der Waals surface area contributed by atoms with Crippen molar-refractivity contribution in [2.75, 3.05) is 33.9 Å². The number of nitrogens with zero attached hydrogens (tertiary/aromatic N) is 3. The number of rotatable bonds is 12. The van der Waals surface area contributed by atoms with Crippen LogP contribution in [0.15, 0.2) is 65.9 Å². The molecule has 7 nitrogen and oxygen atoms in total. The van der Waals surface area contributed by atoms with Gasteiger partial charge in [-0.2, -0.15) is 0 Å². The molecule has 1 aromatic heterocycles. The molecule has 1 heterocycles. The number of hydrogen-bond acceptors (Lipinski definition) is 4. The van der Waals surface area contributed by atoms with E-state index in [1.807, 2.05) is 31.5 Å². The number of nitrogens with one attached hydrogen (secondary N) is 2. The lowest BCUT2D eigenvalue weighted by Crippen LogP contribution is -2.39. The van der Waals surface area contributed by atoms with Crippen molar-refractivity contribution >= 4 is 5.96 Å². The van der Waals surface area contributed by atoms with Gasteiger partial charge in [0.15, 0.2) is 17.5 Å². The van der Waals surface area contributed by atoms with Crippen LogP contribution in [-0.4, -0.2) is 49.4 Å². The maximum atomic E-state index is 5.67. The van der Waals surface area contributed by atoms with E-state index in [9.17, 15) is 0 Å². The zero-order chi connectivity index (χ0) is 23.3. The Morgan fingerprint density at radius 3 is 2.58 bits per heavy atom. The van der Waals surface area contributed by atoms with Crippen LogP contribution in [0, 0.1) is 0 Å². The van der Waals surface area contributed by atoms with Crippen LogP contribution in [0.1, 0.15) is 30.3 Å². The van der Waals surface area contributed by atoms with Gasteiger partial charge in [-0.1, -0.05) is 36.4 Å². The smallest absolute Gasteiger partial charge is 0.190 e. The number of guanidine groups is 1. The summed E-state index contributed by atoms with van der Waals surface area (Å²) in [7, 11) is 3.46. The third kappa shape index (κ3) is 7.56. The fourth-order valence-corrected chi connectivity index (χ4v) is 3.65. The number of ether oxygens (including phenoxy) is 2. The second kappa shape index (κ2) is 13.2. The molecule has 0 aliphatic heterocycles. The average Bonchev–Trinajstić information content (AvgIpc) is 3.28. The highest BCUT2D eigenvalue weighted by molar-refractivity contribution is 5.79. The van der Waals surface area contributed by atoms with E-state index < -0.39 is 0 Å². The molecule has 2 aromatic carbocycles. The molecule has 0 spiro atoms. The average molecular weight is 450 g/mol. The fourth-order valence-electron chi connectivity index (χ4n) is 3.65. The summed E-state index contributed by atoms with van der Waals surface area (Å²) in [5.41, 5.74) is 2.50. The lowest BCUT2D eigenvalue weighted by molar-refractivity contribution is 0.310. The Hall–Kier alpha value is -3.48. The number of aryl methyl sites for hydroxylation is 1. The highest BCUT2D eigenvalue weighted by Gasteiger charge is 2.07. The minimum absolute atomic E-state index is 0.621. The molecular formula is C26H35N5O2. The molecule has 0 saturated heterocycles. The molecule has 3 rings (SSSR count). The number of imidazole rings is 1. The Morgan fingerprint density at radius 2 is 1.82 bits per heavy atom. The van der Waals surface area contributed by atoms with Gasteiger partial charge in [0.05, 0.1) is 13.7 Å². The number of benzene rings is 2. The van der Waals surface area contributed by atoms with Gasteiger partial charge >= 0.3 is 0 Å². The van der Waals surface area contributed by atoms with Crippen LogP contribution in [0.5, 0.6) is 11.5 Å². The third-order valence-electron chi connectivity index (χ3n) is 5.32. The molecule has 33 heavy (non-hydrogen) atoms. The standard InChI is InChI=1S/C26H35N5O2/c1-4-33-24-19-21(12-13-23(24)32-3)11-8-15-29-26(27-2)30-16-14-25-28-17-18-31(25)20-22-9-6-5-7-10-22/h5-7,9-10,12-13,17-19H,4,8,11,14-16,20H2,1-3H3,(H2,27,29,30). The van der Waals surface area contributed by atoms with Crippen molar-refractivity contribution in [2.24, 2.45) is 4.99 Å². The highest BCUT2D eigenvalue weighted by Crippen LogP contribution is 2.28. The molecule has 0 radical (unpaired) electrons. The van der Waals surface area contributed by atoms with E-state index in [0.29, 0.717) is 6.61 Å². The predicted molar refractivity (Wildman–Crippen MR) is 133 cm³/mol. The van der Waals surface area contributed by atoms with Crippen LogP contribution in [0.2, 0.25) is 0 Å². The van der Waals surface area contributed by atoms with E-state index in [1.54, 1.807) is 14.2 Å². The second-order valence-electron chi connectivity index (χ2n) is 7.65. The summed E-state index contributed by atoms with van der Waals surface area (Å²) in [6.45, 7) is 5.03. The van der Waals surface area contributed by atoms with Gasteiger partial charge in [-0.3, -0.25) is 4.99 Å². The molecule has 7 heteroatoms. The second-order valence-corrected chi connectivity index (χ2v) is 7.65. The topological polar surface area (TPSA) is 72.7 Å². The van der Waals surface area contributed by atoms with Gasteiger partial charge in [0.25, 0.3) is 0 Å². The first-order valence-electron chi connectivity index (χ1n) is 11.5. The van der Waals surface area contributed by atoms with Gasteiger partial charge in [0.1, 0.15) is 5.82 Å². The Kier molecular flexibility index (Phi) is 9.63. The first-order chi connectivity index (χ1) is 16.2. The zero-order valence-electron chi connectivity index (χ0n) is 19.9. The Morgan fingerprint density at radius 1 is 1.00 bits per heavy atom. The van der Waals surface area contributed by atoms with Gasteiger partial charge in [0.2, 0.25) is 0 Å². The van der Waals surface area contributed by atoms with Crippen molar-refractivity contribution in [1.82, 2.24) is 20.2 Å². The predicted octanol–water partition coefficient (Wildman–Crippen LogP) is 3.68. The molecule has 0 bridgehead atoms. The van der Waals surface area contributed by atoms with Crippen molar-refractivity contribution in [3.05, 3.63) is 77.9 Å². The normalized spacial score (nSPS) is 11.3. The van der Waals surface area contributed by atoms with E-state index in [-0.39, 0.29) is 0 Å². The summed E-state index contributed by atoms with van der Waals surface area (Å²) in [4.78, 5) is 8.85.